The van der Waals surface area contributed by atoms with Gasteiger partial charge >= 0.3 is 0 Å². The van der Waals surface area contributed by atoms with Gasteiger partial charge < -0.3 is 9.47 Å². The van der Waals surface area contributed by atoms with Crippen molar-refractivity contribution < 1.29 is 14.3 Å². The van der Waals surface area contributed by atoms with E-state index >= 15 is 0 Å². The Morgan fingerprint density at radius 3 is 2.30 bits per heavy atom. The Hall–Kier alpha value is -1.19. The van der Waals surface area contributed by atoms with Crippen LogP contribution < -0.4 is 0 Å². The van der Waals surface area contributed by atoms with Crippen molar-refractivity contribution in [2.45, 2.75) is 83.7 Å². The van der Waals surface area contributed by atoms with Crippen LogP contribution in [0.3, 0.4) is 0 Å². The highest BCUT2D eigenvalue weighted by Crippen LogP contribution is 2.32. The Bertz CT molecular complexity index is 478. The summed E-state index contributed by atoms with van der Waals surface area (Å²) in [6, 6.07) is 7.75. The summed E-state index contributed by atoms with van der Waals surface area (Å²) in [5, 5.41) is 0. The highest BCUT2D eigenvalue weighted by molar-refractivity contribution is 5.74. The topological polar surface area (TPSA) is 35.5 Å². The summed E-state index contributed by atoms with van der Waals surface area (Å²) in [4.78, 5) is 10.7. The highest BCUT2D eigenvalue weighted by Gasteiger charge is 2.40. The number of carbonyl (C=O) groups is 1. The number of ether oxygens (including phenoxy) is 2. The maximum absolute atomic E-state index is 10.7. The van der Waals surface area contributed by atoms with Gasteiger partial charge in [0.1, 0.15) is 6.29 Å². The molecule has 2 rings (SSSR count). The van der Waals surface area contributed by atoms with Gasteiger partial charge in [0.05, 0.1) is 12.2 Å². The lowest BCUT2D eigenvalue weighted by molar-refractivity contribution is -0.146. The van der Waals surface area contributed by atoms with Gasteiger partial charge in [-0.3, -0.25) is 4.79 Å². The molecule has 0 amide bonds. The van der Waals surface area contributed by atoms with Crippen molar-refractivity contribution in [3.05, 3.63) is 35.4 Å². The first-order valence-electron chi connectivity index (χ1n) is 8.94. The maximum Gasteiger partial charge on any atom is 0.163 e. The summed E-state index contributed by atoms with van der Waals surface area (Å²) in [6.45, 7) is 6.22. The van der Waals surface area contributed by atoms with Crippen LogP contribution in [0.1, 0.15) is 75.2 Å². The lowest BCUT2D eigenvalue weighted by atomic mass is 9.99. The first kappa shape index (κ1) is 18.2. The minimum atomic E-state index is -0.499. The third-order valence-corrected chi connectivity index (χ3v) is 4.43. The summed E-state index contributed by atoms with van der Waals surface area (Å²) in [7, 11) is 0. The molecule has 0 unspecified atom stereocenters. The van der Waals surface area contributed by atoms with E-state index < -0.39 is 5.79 Å². The fraction of sp³-hybridized carbons (Fsp3) is 0.650. The van der Waals surface area contributed by atoms with Crippen molar-refractivity contribution in [1.29, 1.82) is 0 Å². The third-order valence-electron chi connectivity index (χ3n) is 4.43. The standard InChI is InChI=1S/C20H30O3/c1-4-5-6-7-8-9-18-19(23-20(2,3)22-18)14-16-10-12-17(15-21)13-11-16/h10-13,15,18-19H,4-9,14H2,1-3H3/t18-,19-/m0/s1. The Labute approximate surface area is 140 Å². The third kappa shape index (κ3) is 5.74. The summed E-state index contributed by atoms with van der Waals surface area (Å²) in [6.07, 6.45) is 9.41. The summed E-state index contributed by atoms with van der Waals surface area (Å²) in [5.41, 5.74) is 1.91. The zero-order valence-corrected chi connectivity index (χ0v) is 14.7. The zero-order valence-electron chi connectivity index (χ0n) is 14.7. The van der Waals surface area contributed by atoms with Crippen LogP contribution in [0.5, 0.6) is 0 Å². The van der Waals surface area contributed by atoms with Crippen molar-refractivity contribution in [3.63, 3.8) is 0 Å². The SMILES string of the molecule is CCCCCCC[C@@H]1OC(C)(C)O[C@H]1Cc1ccc(C=O)cc1. The quantitative estimate of drug-likeness (QED) is 0.479. The van der Waals surface area contributed by atoms with Crippen molar-refractivity contribution in [2.24, 2.45) is 0 Å². The number of rotatable bonds is 9. The van der Waals surface area contributed by atoms with Crippen molar-refractivity contribution in [1.82, 2.24) is 0 Å². The Kier molecular flexibility index (Phi) is 6.79. The molecule has 3 nitrogen and oxygen atoms in total. The number of hydrogen-bond acceptors (Lipinski definition) is 3. The van der Waals surface area contributed by atoms with E-state index in [2.05, 4.69) is 6.92 Å². The Morgan fingerprint density at radius 2 is 1.65 bits per heavy atom. The second kappa shape index (κ2) is 8.60. The second-order valence-corrected chi connectivity index (χ2v) is 6.98. The van der Waals surface area contributed by atoms with E-state index in [1.54, 1.807) is 0 Å². The number of benzene rings is 1. The molecule has 0 radical (unpaired) electrons. The van der Waals surface area contributed by atoms with E-state index in [9.17, 15) is 4.79 Å². The van der Waals surface area contributed by atoms with Gasteiger partial charge in [-0.2, -0.15) is 0 Å². The average Bonchev–Trinajstić information content (AvgIpc) is 2.82. The van der Waals surface area contributed by atoms with Crippen LogP contribution in [0, 0.1) is 0 Å². The molecule has 0 N–H and O–H groups in total. The van der Waals surface area contributed by atoms with Gasteiger partial charge in [0.2, 0.25) is 0 Å². The molecule has 1 aliphatic rings. The van der Waals surface area contributed by atoms with Gasteiger partial charge in [0.15, 0.2) is 5.79 Å². The monoisotopic (exact) mass is 318 g/mol. The molecule has 1 heterocycles. The van der Waals surface area contributed by atoms with E-state index in [0.717, 1.165) is 19.1 Å². The van der Waals surface area contributed by atoms with Gasteiger partial charge in [0, 0.05) is 12.0 Å². The maximum atomic E-state index is 10.7. The molecule has 1 aromatic carbocycles. The van der Waals surface area contributed by atoms with Gasteiger partial charge in [0.25, 0.3) is 0 Å². The second-order valence-electron chi connectivity index (χ2n) is 6.98. The van der Waals surface area contributed by atoms with Crippen LogP contribution in [0.2, 0.25) is 0 Å². The van der Waals surface area contributed by atoms with E-state index in [1.807, 2.05) is 38.1 Å². The van der Waals surface area contributed by atoms with Crippen LogP contribution in [0.15, 0.2) is 24.3 Å². The molecule has 0 bridgehead atoms. The Morgan fingerprint density at radius 1 is 1.00 bits per heavy atom. The smallest absolute Gasteiger partial charge is 0.163 e. The molecule has 1 fully saturated rings. The lowest BCUT2D eigenvalue weighted by Gasteiger charge is -2.17. The molecule has 1 aliphatic heterocycles. The molecule has 3 heteroatoms. The normalized spacial score (nSPS) is 23.1. The molecule has 0 aliphatic carbocycles. The molecule has 2 atom stereocenters. The molecule has 1 saturated heterocycles. The largest absolute Gasteiger partial charge is 0.345 e. The van der Waals surface area contributed by atoms with Gasteiger partial charge in [-0.05, 0) is 25.8 Å². The zero-order chi connectivity index (χ0) is 16.7. The van der Waals surface area contributed by atoms with E-state index in [1.165, 1.54) is 37.7 Å². The van der Waals surface area contributed by atoms with E-state index in [0.29, 0.717) is 5.56 Å². The van der Waals surface area contributed by atoms with Crippen LogP contribution in [-0.2, 0) is 15.9 Å². The van der Waals surface area contributed by atoms with Crippen LogP contribution in [0.25, 0.3) is 0 Å². The molecule has 0 saturated carbocycles. The van der Waals surface area contributed by atoms with Gasteiger partial charge in [-0.15, -0.1) is 0 Å². The van der Waals surface area contributed by atoms with Crippen LogP contribution in [-0.4, -0.2) is 24.3 Å². The molecule has 0 spiro atoms. The summed E-state index contributed by atoms with van der Waals surface area (Å²) in [5.74, 6) is -0.499. The molecule has 23 heavy (non-hydrogen) atoms. The average molecular weight is 318 g/mol. The number of carbonyl (C=O) groups excluding carboxylic acids is 1. The summed E-state index contributed by atoms with van der Waals surface area (Å²) >= 11 is 0. The fourth-order valence-corrected chi connectivity index (χ4v) is 3.24. The number of hydrogen-bond donors (Lipinski definition) is 0. The predicted octanol–water partition coefficient (Wildman–Crippen LogP) is 4.92. The number of aldehydes is 1. The highest BCUT2D eigenvalue weighted by atomic mass is 16.7. The lowest BCUT2D eigenvalue weighted by Crippen LogP contribution is -2.25. The van der Waals surface area contributed by atoms with E-state index in [-0.39, 0.29) is 12.2 Å². The first-order valence-corrected chi connectivity index (χ1v) is 8.94. The minimum Gasteiger partial charge on any atom is -0.345 e. The number of unbranched alkanes of at least 4 members (excludes halogenated alkanes) is 4. The first-order chi connectivity index (χ1) is 11.0. The van der Waals surface area contributed by atoms with E-state index in [4.69, 9.17) is 9.47 Å². The fourth-order valence-electron chi connectivity index (χ4n) is 3.24. The molecule has 1 aromatic rings. The Balaban J connectivity index is 1.89. The van der Waals surface area contributed by atoms with Crippen molar-refractivity contribution >= 4 is 6.29 Å². The minimum absolute atomic E-state index is 0.0956. The summed E-state index contributed by atoms with van der Waals surface area (Å²) < 4.78 is 12.2. The van der Waals surface area contributed by atoms with Crippen LogP contribution in [0.4, 0.5) is 0 Å². The van der Waals surface area contributed by atoms with Gasteiger partial charge in [-0.25, -0.2) is 0 Å². The van der Waals surface area contributed by atoms with Crippen molar-refractivity contribution in [2.75, 3.05) is 0 Å². The molecule has 128 valence electrons. The molecular weight excluding hydrogens is 288 g/mol. The predicted molar refractivity (Wildman–Crippen MR) is 92.7 cm³/mol. The molecular formula is C20H30O3. The van der Waals surface area contributed by atoms with Crippen molar-refractivity contribution in [3.8, 4) is 0 Å². The van der Waals surface area contributed by atoms with Gasteiger partial charge in [-0.1, -0.05) is 63.3 Å². The molecule has 0 aromatic heterocycles. The van der Waals surface area contributed by atoms with Crippen LogP contribution >= 0.6 is 0 Å².